The second-order valence-corrected chi connectivity index (χ2v) is 4.72. The van der Waals surface area contributed by atoms with Gasteiger partial charge < -0.3 is 5.32 Å². The van der Waals surface area contributed by atoms with E-state index in [0.29, 0.717) is 13.0 Å². The number of carbonyl (C=O) groups excluding carboxylic acids is 1. The number of amides is 1. The molecule has 1 heterocycles. The van der Waals surface area contributed by atoms with Crippen molar-refractivity contribution < 1.29 is 4.79 Å². The number of benzene rings is 1. The average Bonchev–Trinajstić information content (AvgIpc) is 2.79. The molecule has 0 spiro atoms. The lowest BCUT2D eigenvalue weighted by Crippen LogP contribution is -2.14. The molecule has 1 aromatic carbocycles. The Morgan fingerprint density at radius 2 is 2.35 bits per heavy atom. The van der Waals surface area contributed by atoms with Crippen LogP contribution in [0.2, 0.25) is 0 Å². The predicted molar refractivity (Wildman–Crippen MR) is 72.4 cm³/mol. The first-order valence-electron chi connectivity index (χ1n) is 5.13. The first-order chi connectivity index (χ1) is 8.24. The topological polar surface area (TPSA) is 59.8 Å². The molecule has 0 bridgehead atoms. The molecule has 2 rings (SSSR count). The largest absolute Gasteiger partial charge is 0.326 e. The number of hydrogen-bond acceptors (Lipinski definition) is 3. The number of anilines is 1. The summed E-state index contributed by atoms with van der Waals surface area (Å²) in [6.07, 6.45) is 3.71. The van der Waals surface area contributed by atoms with E-state index >= 15 is 0 Å². The predicted octanol–water partition coefficient (Wildman–Crippen LogP) is 1.91. The molecule has 0 saturated carbocycles. The highest BCUT2D eigenvalue weighted by atomic mass is 127. The van der Waals surface area contributed by atoms with E-state index in [2.05, 4.69) is 38.2 Å². The molecular weight excluding hydrogens is 331 g/mol. The summed E-state index contributed by atoms with van der Waals surface area (Å²) in [6, 6.07) is 7.68. The van der Waals surface area contributed by atoms with Gasteiger partial charge >= 0.3 is 0 Å². The van der Waals surface area contributed by atoms with E-state index in [4.69, 9.17) is 0 Å². The molecule has 0 radical (unpaired) electrons. The summed E-state index contributed by atoms with van der Waals surface area (Å²) in [5.41, 5.74) is 0.820. The second-order valence-electron chi connectivity index (χ2n) is 3.47. The molecule has 0 atom stereocenters. The minimum absolute atomic E-state index is 0.0255. The van der Waals surface area contributed by atoms with E-state index in [1.165, 1.54) is 0 Å². The fourth-order valence-corrected chi connectivity index (χ4v) is 1.90. The number of nitrogens with zero attached hydrogens (tertiary/aromatic N) is 3. The fourth-order valence-electron chi connectivity index (χ4n) is 1.36. The Balaban J connectivity index is 1.85. The van der Waals surface area contributed by atoms with Crippen molar-refractivity contribution in [3.8, 4) is 0 Å². The summed E-state index contributed by atoms with van der Waals surface area (Å²) in [7, 11) is 0. The average molecular weight is 342 g/mol. The summed E-state index contributed by atoms with van der Waals surface area (Å²) in [6.45, 7) is 0.537. The van der Waals surface area contributed by atoms with Gasteiger partial charge in [0.25, 0.3) is 0 Å². The Labute approximate surface area is 112 Å². The van der Waals surface area contributed by atoms with Crippen LogP contribution >= 0.6 is 22.6 Å². The third kappa shape index (κ3) is 3.81. The van der Waals surface area contributed by atoms with E-state index in [1.54, 1.807) is 17.1 Å². The Morgan fingerprint density at radius 3 is 3.06 bits per heavy atom. The lowest BCUT2D eigenvalue weighted by atomic mass is 10.3. The van der Waals surface area contributed by atoms with Gasteiger partial charge in [-0.15, -0.1) is 5.10 Å². The summed E-state index contributed by atoms with van der Waals surface area (Å²) >= 11 is 2.21. The second kappa shape index (κ2) is 5.76. The van der Waals surface area contributed by atoms with Crippen LogP contribution in [0.4, 0.5) is 5.69 Å². The monoisotopic (exact) mass is 342 g/mol. The molecular formula is C11H11IN4O. The van der Waals surface area contributed by atoms with Crippen LogP contribution in [0.15, 0.2) is 36.7 Å². The third-order valence-electron chi connectivity index (χ3n) is 2.15. The standard InChI is InChI=1S/C11H11IN4O/c12-9-2-1-3-10(8-9)14-11(17)4-6-16-7-5-13-15-16/h1-3,5,7-8H,4,6H2,(H,14,17). The van der Waals surface area contributed by atoms with Gasteiger partial charge in [-0.3, -0.25) is 9.48 Å². The summed E-state index contributed by atoms with van der Waals surface area (Å²) < 4.78 is 2.73. The Kier molecular flexibility index (Phi) is 4.08. The molecule has 88 valence electrons. The van der Waals surface area contributed by atoms with Crippen LogP contribution in [0.1, 0.15) is 6.42 Å². The maximum Gasteiger partial charge on any atom is 0.226 e. The molecule has 1 aromatic heterocycles. The van der Waals surface area contributed by atoms with Gasteiger partial charge in [-0.2, -0.15) is 0 Å². The smallest absolute Gasteiger partial charge is 0.226 e. The summed E-state index contributed by atoms with van der Waals surface area (Å²) in [5, 5.41) is 10.3. The lowest BCUT2D eigenvalue weighted by molar-refractivity contribution is -0.116. The first kappa shape index (κ1) is 12.0. The molecule has 0 aliphatic heterocycles. The fraction of sp³-hybridized carbons (Fsp3) is 0.182. The zero-order valence-corrected chi connectivity index (χ0v) is 11.2. The number of aryl methyl sites for hydroxylation is 1. The number of nitrogens with one attached hydrogen (secondary N) is 1. The maximum atomic E-state index is 11.6. The molecule has 1 N–H and O–H groups in total. The van der Waals surface area contributed by atoms with E-state index in [-0.39, 0.29) is 5.91 Å². The van der Waals surface area contributed by atoms with Crippen molar-refractivity contribution in [2.45, 2.75) is 13.0 Å². The normalized spacial score (nSPS) is 10.2. The van der Waals surface area contributed by atoms with Crippen LogP contribution in [-0.2, 0) is 11.3 Å². The lowest BCUT2D eigenvalue weighted by Gasteiger charge is -2.05. The van der Waals surface area contributed by atoms with Crippen molar-refractivity contribution in [2.24, 2.45) is 0 Å². The van der Waals surface area contributed by atoms with E-state index in [1.807, 2.05) is 24.3 Å². The van der Waals surface area contributed by atoms with Gasteiger partial charge in [-0.05, 0) is 40.8 Å². The van der Waals surface area contributed by atoms with Crippen molar-refractivity contribution in [3.63, 3.8) is 0 Å². The van der Waals surface area contributed by atoms with Crippen LogP contribution in [0.25, 0.3) is 0 Å². The minimum atomic E-state index is -0.0255. The van der Waals surface area contributed by atoms with Gasteiger partial charge in [0.2, 0.25) is 5.91 Å². The SMILES string of the molecule is O=C(CCn1ccnn1)Nc1cccc(I)c1. The molecule has 2 aromatic rings. The van der Waals surface area contributed by atoms with Crippen molar-refractivity contribution >= 4 is 34.2 Å². The first-order valence-corrected chi connectivity index (χ1v) is 6.21. The van der Waals surface area contributed by atoms with Crippen LogP contribution in [0.5, 0.6) is 0 Å². The van der Waals surface area contributed by atoms with Gasteiger partial charge in [0.1, 0.15) is 0 Å². The van der Waals surface area contributed by atoms with E-state index < -0.39 is 0 Å². The highest BCUT2D eigenvalue weighted by molar-refractivity contribution is 14.1. The van der Waals surface area contributed by atoms with Gasteiger partial charge in [0.05, 0.1) is 12.7 Å². The zero-order valence-electron chi connectivity index (χ0n) is 9.01. The van der Waals surface area contributed by atoms with Crippen LogP contribution in [-0.4, -0.2) is 20.9 Å². The Morgan fingerprint density at radius 1 is 1.47 bits per heavy atom. The molecule has 6 heteroatoms. The number of hydrogen-bond donors (Lipinski definition) is 1. The van der Waals surface area contributed by atoms with Crippen molar-refractivity contribution in [2.75, 3.05) is 5.32 Å². The maximum absolute atomic E-state index is 11.6. The number of aromatic nitrogens is 3. The molecule has 0 saturated heterocycles. The van der Waals surface area contributed by atoms with Gasteiger partial charge in [-0.1, -0.05) is 11.3 Å². The minimum Gasteiger partial charge on any atom is -0.326 e. The van der Waals surface area contributed by atoms with Gasteiger partial charge in [0, 0.05) is 21.9 Å². The van der Waals surface area contributed by atoms with E-state index in [0.717, 1.165) is 9.26 Å². The van der Waals surface area contributed by atoms with Crippen LogP contribution in [0, 0.1) is 3.57 Å². The van der Waals surface area contributed by atoms with Crippen LogP contribution < -0.4 is 5.32 Å². The third-order valence-corrected chi connectivity index (χ3v) is 2.82. The molecule has 0 fully saturated rings. The van der Waals surface area contributed by atoms with Crippen LogP contribution in [0.3, 0.4) is 0 Å². The van der Waals surface area contributed by atoms with Crippen molar-refractivity contribution in [1.29, 1.82) is 0 Å². The van der Waals surface area contributed by atoms with Crippen molar-refractivity contribution in [3.05, 3.63) is 40.2 Å². The van der Waals surface area contributed by atoms with E-state index in [9.17, 15) is 4.79 Å². The highest BCUT2D eigenvalue weighted by Crippen LogP contribution is 2.12. The van der Waals surface area contributed by atoms with Gasteiger partial charge in [-0.25, -0.2) is 0 Å². The Bertz CT molecular complexity index is 498. The van der Waals surface area contributed by atoms with Crippen molar-refractivity contribution in [1.82, 2.24) is 15.0 Å². The summed E-state index contributed by atoms with van der Waals surface area (Å²) in [5.74, 6) is -0.0255. The summed E-state index contributed by atoms with van der Waals surface area (Å²) in [4.78, 5) is 11.6. The zero-order chi connectivity index (χ0) is 12.1. The molecule has 17 heavy (non-hydrogen) atoms. The molecule has 0 aliphatic rings. The molecule has 0 unspecified atom stereocenters. The molecule has 0 aliphatic carbocycles. The Hall–Kier alpha value is -1.44. The molecule has 1 amide bonds. The number of rotatable bonds is 4. The quantitative estimate of drug-likeness (QED) is 0.864. The van der Waals surface area contributed by atoms with Gasteiger partial charge in [0.15, 0.2) is 0 Å². The number of carbonyl (C=O) groups is 1. The highest BCUT2D eigenvalue weighted by Gasteiger charge is 2.03. The molecule has 5 nitrogen and oxygen atoms in total. The number of halogens is 1.